The van der Waals surface area contributed by atoms with Crippen LogP contribution in [-0.4, -0.2) is 10.8 Å². The number of hydrogen-bond donors (Lipinski definition) is 2. The maximum atomic E-state index is 6.07. The van der Waals surface area contributed by atoms with Gasteiger partial charge in [-0.3, -0.25) is 5.43 Å². The Labute approximate surface area is 138 Å². The average Bonchev–Trinajstić information content (AvgIpc) is 2.47. The van der Waals surface area contributed by atoms with E-state index in [4.69, 9.17) is 41.2 Å². The molecule has 0 atom stereocenters. The fourth-order valence-corrected chi connectivity index (χ4v) is 2.14. The van der Waals surface area contributed by atoms with Crippen LogP contribution in [0.4, 0.5) is 0 Å². The van der Waals surface area contributed by atoms with Gasteiger partial charge in [-0.25, -0.2) is 0 Å². The van der Waals surface area contributed by atoms with Crippen molar-refractivity contribution in [2.24, 2.45) is 10.8 Å². The maximum Gasteiger partial charge on any atom is 0.184 e. The van der Waals surface area contributed by atoms with Crippen LogP contribution in [0.15, 0.2) is 53.6 Å². The number of nitrogens with two attached hydrogens (primary N) is 1. The van der Waals surface area contributed by atoms with Gasteiger partial charge >= 0.3 is 0 Å². The quantitative estimate of drug-likeness (QED) is 0.507. The zero-order valence-corrected chi connectivity index (χ0v) is 13.3. The third-order valence-corrected chi connectivity index (χ3v) is 3.60. The monoisotopic (exact) mass is 337 g/mol. The van der Waals surface area contributed by atoms with Gasteiger partial charge in [-0.2, -0.15) is 5.10 Å². The first-order valence-electron chi connectivity index (χ1n) is 6.17. The minimum Gasteiger partial charge on any atom is -0.375 e. The molecule has 0 fully saturated rings. The molecule has 0 spiro atoms. The van der Waals surface area contributed by atoms with Crippen molar-refractivity contribution in [1.82, 2.24) is 5.43 Å². The Morgan fingerprint density at radius 2 is 1.81 bits per heavy atom. The van der Waals surface area contributed by atoms with Crippen molar-refractivity contribution >= 4 is 46.2 Å². The second kappa shape index (κ2) is 7.41. The first-order valence-corrected chi connectivity index (χ1v) is 7.34. The molecule has 21 heavy (non-hydrogen) atoms. The number of nitrogens with zero attached hydrogens (tertiary/aromatic N) is 1. The summed E-state index contributed by atoms with van der Waals surface area (Å²) in [5, 5.41) is 5.35. The smallest absolute Gasteiger partial charge is 0.184 e. The second-order valence-corrected chi connectivity index (χ2v) is 5.58. The molecule has 0 unspecified atom stereocenters. The summed E-state index contributed by atoms with van der Waals surface area (Å²) in [6.07, 6.45) is 0.619. The first-order chi connectivity index (χ1) is 10.1. The zero-order chi connectivity index (χ0) is 15.2. The van der Waals surface area contributed by atoms with Gasteiger partial charge in [-0.15, -0.1) is 0 Å². The maximum absolute atomic E-state index is 6.07. The van der Waals surface area contributed by atoms with Crippen LogP contribution < -0.4 is 11.2 Å². The molecule has 2 aromatic rings. The van der Waals surface area contributed by atoms with Gasteiger partial charge in [0.1, 0.15) is 0 Å². The SMILES string of the molecule is NC(=S)N/N=C(\Cc1ccccc1)c1ccc(Cl)c(Cl)c1. The minimum atomic E-state index is 0.112. The summed E-state index contributed by atoms with van der Waals surface area (Å²) in [4.78, 5) is 0. The lowest BCUT2D eigenvalue weighted by Crippen LogP contribution is -2.26. The van der Waals surface area contributed by atoms with E-state index in [-0.39, 0.29) is 5.11 Å². The molecule has 0 radical (unpaired) electrons. The van der Waals surface area contributed by atoms with E-state index < -0.39 is 0 Å². The van der Waals surface area contributed by atoms with E-state index >= 15 is 0 Å². The van der Waals surface area contributed by atoms with Crippen molar-refractivity contribution in [2.45, 2.75) is 6.42 Å². The first kappa shape index (κ1) is 15.8. The fourth-order valence-electron chi connectivity index (χ4n) is 1.79. The highest BCUT2D eigenvalue weighted by atomic mass is 35.5. The van der Waals surface area contributed by atoms with Crippen LogP contribution >= 0.6 is 35.4 Å². The van der Waals surface area contributed by atoms with E-state index in [9.17, 15) is 0 Å². The summed E-state index contributed by atoms with van der Waals surface area (Å²) in [7, 11) is 0. The van der Waals surface area contributed by atoms with E-state index in [2.05, 4.69) is 10.5 Å². The molecule has 0 heterocycles. The summed E-state index contributed by atoms with van der Waals surface area (Å²) in [6, 6.07) is 15.3. The number of nitrogens with one attached hydrogen (secondary N) is 1. The molecule has 0 aliphatic carbocycles. The Balaban J connectivity index is 2.33. The minimum absolute atomic E-state index is 0.112. The predicted molar refractivity (Wildman–Crippen MR) is 93.1 cm³/mol. The lowest BCUT2D eigenvalue weighted by atomic mass is 10.0. The molecule has 6 heteroatoms. The lowest BCUT2D eigenvalue weighted by Gasteiger charge is -2.09. The number of hydrogen-bond acceptors (Lipinski definition) is 2. The largest absolute Gasteiger partial charge is 0.375 e. The van der Waals surface area contributed by atoms with Gasteiger partial charge in [0, 0.05) is 6.42 Å². The van der Waals surface area contributed by atoms with Crippen LogP contribution in [0.5, 0.6) is 0 Å². The topological polar surface area (TPSA) is 50.4 Å². The molecule has 3 N–H and O–H groups in total. The van der Waals surface area contributed by atoms with E-state index in [0.29, 0.717) is 16.5 Å². The third kappa shape index (κ3) is 4.70. The molecular weight excluding hydrogens is 325 g/mol. The Morgan fingerprint density at radius 1 is 1.10 bits per heavy atom. The molecule has 0 amide bonds. The van der Waals surface area contributed by atoms with E-state index in [1.807, 2.05) is 36.4 Å². The molecule has 0 aliphatic heterocycles. The van der Waals surface area contributed by atoms with Gasteiger partial charge in [0.05, 0.1) is 15.8 Å². The van der Waals surface area contributed by atoms with Crippen molar-refractivity contribution in [3.05, 3.63) is 69.7 Å². The van der Waals surface area contributed by atoms with Crippen LogP contribution in [0, 0.1) is 0 Å². The Bertz CT molecular complexity index is 672. The second-order valence-electron chi connectivity index (χ2n) is 4.33. The van der Waals surface area contributed by atoms with Gasteiger partial charge in [0.25, 0.3) is 0 Å². The van der Waals surface area contributed by atoms with Gasteiger partial charge in [-0.1, -0.05) is 59.6 Å². The summed E-state index contributed by atoms with van der Waals surface area (Å²) >= 11 is 16.8. The number of thiocarbonyl (C=S) groups is 1. The Hall–Kier alpha value is -1.62. The molecule has 0 bridgehead atoms. The summed E-state index contributed by atoms with van der Waals surface area (Å²) in [5.74, 6) is 0. The van der Waals surface area contributed by atoms with Crippen LogP contribution in [0.2, 0.25) is 10.0 Å². The van der Waals surface area contributed by atoms with Gasteiger partial charge < -0.3 is 5.73 Å². The fraction of sp³-hybridized carbons (Fsp3) is 0.0667. The van der Waals surface area contributed by atoms with Crippen LogP contribution in [-0.2, 0) is 6.42 Å². The highest BCUT2D eigenvalue weighted by Gasteiger charge is 2.08. The molecule has 0 aliphatic rings. The van der Waals surface area contributed by atoms with Crippen molar-refractivity contribution in [2.75, 3.05) is 0 Å². The molecule has 108 valence electrons. The van der Waals surface area contributed by atoms with Crippen molar-refractivity contribution < 1.29 is 0 Å². The van der Waals surface area contributed by atoms with E-state index in [1.165, 1.54) is 0 Å². The van der Waals surface area contributed by atoms with Gasteiger partial charge in [0.15, 0.2) is 5.11 Å². The van der Waals surface area contributed by atoms with Gasteiger partial charge in [0.2, 0.25) is 0 Å². The molecule has 0 saturated heterocycles. The van der Waals surface area contributed by atoms with Crippen LogP contribution in [0.3, 0.4) is 0 Å². The summed E-state index contributed by atoms with van der Waals surface area (Å²) in [5.41, 5.74) is 10.8. The van der Waals surface area contributed by atoms with E-state index in [0.717, 1.165) is 16.8 Å². The van der Waals surface area contributed by atoms with Gasteiger partial charge in [-0.05, 0) is 35.5 Å². The summed E-state index contributed by atoms with van der Waals surface area (Å²) in [6.45, 7) is 0. The van der Waals surface area contributed by atoms with Crippen molar-refractivity contribution in [1.29, 1.82) is 0 Å². The number of rotatable bonds is 4. The predicted octanol–water partition coefficient (Wildman–Crippen LogP) is 3.77. The Kier molecular flexibility index (Phi) is 5.56. The zero-order valence-electron chi connectivity index (χ0n) is 11.0. The van der Waals surface area contributed by atoms with Crippen molar-refractivity contribution in [3.63, 3.8) is 0 Å². The molecule has 0 aromatic heterocycles. The van der Waals surface area contributed by atoms with Crippen molar-refractivity contribution in [3.8, 4) is 0 Å². The van der Waals surface area contributed by atoms with E-state index in [1.54, 1.807) is 12.1 Å². The highest BCUT2D eigenvalue weighted by molar-refractivity contribution is 7.80. The van der Waals surface area contributed by atoms with Crippen LogP contribution in [0.1, 0.15) is 11.1 Å². The molecule has 2 rings (SSSR count). The number of halogens is 2. The normalized spacial score (nSPS) is 11.2. The Morgan fingerprint density at radius 3 is 2.43 bits per heavy atom. The average molecular weight is 338 g/mol. The standard InChI is InChI=1S/C15H13Cl2N3S/c16-12-7-6-11(9-13(12)17)14(19-20-15(18)21)8-10-4-2-1-3-5-10/h1-7,9H,8H2,(H3,18,20,21)/b19-14+. The third-order valence-electron chi connectivity index (χ3n) is 2.77. The lowest BCUT2D eigenvalue weighted by molar-refractivity contribution is 1.02. The molecule has 3 nitrogen and oxygen atoms in total. The summed E-state index contributed by atoms with van der Waals surface area (Å²) < 4.78 is 0. The highest BCUT2D eigenvalue weighted by Crippen LogP contribution is 2.23. The molecule has 2 aromatic carbocycles. The molecule has 0 saturated carbocycles. The van der Waals surface area contributed by atoms with Crippen LogP contribution in [0.25, 0.3) is 0 Å². The molecular formula is C15H13Cl2N3S. The number of hydrazone groups is 1. The number of benzene rings is 2.